The van der Waals surface area contributed by atoms with Crippen molar-refractivity contribution < 1.29 is 9.18 Å². The van der Waals surface area contributed by atoms with Crippen molar-refractivity contribution in [2.75, 3.05) is 29.6 Å². The van der Waals surface area contributed by atoms with Crippen molar-refractivity contribution in [3.8, 4) is 0 Å². The van der Waals surface area contributed by atoms with Crippen LogP contribution in [-0.4, -0.2) is 25.0 Å². The Kier molecular flexibility index (Phi) is 6.44. The zero-order valence-electron chi connectivity index (χ0n) is 16.8. The van der Waals surface area contributed by atoms with Gasteiger partial charge >= 0.3 is 0 Å². The Balaban J connectivity index is 1.72. The summed E-state index contributed by atoms with van der Waals surface area (Å²) in [6, 6.07) is 19.6. The largest absolute Gasteiger partial charge is 0.366 e. The van der Waals surface area contributed by atoms with Crippen molar-refractivity contribution in [3.63, 3.8) is 0 Å². The predicted molar refractivity (Wildman–Crippen MR) is 116 cm³/mol. The minimum atomic E-state index is -0.275. The van der Waals surface area contributed by atoms with Gasteiger partial charge in [0.2, 0.25) is 5.91 Å². The van der Waals surface area contributed by atoms with Crippen LogP contribution in [0.1, 0.15) is 24.0 Å². The van der Waals surface area contributed by atoms with E-state index < -0.39 is 0 Å². The molecule has 2 aromatic carbocycles. The van der Waals surface area contributed by atoms with Crippen LogP contribution in [0, 0.1) is 5.82 Å². The third kappa shape index (κ3) is 5.31. The lowest BCUT2D eigenvalue weighted by Crippen LogP contribution is -2.22. The third-order valence-electron chi connectivity index (χ3n) is 4.64. The number of carbonyl (C=O) groups is 1. The standard InChI is InChI=1S/C23H25FN4O/c1-16(18-7-5-4-6-8-18)23(29)26-20-13-14-21(27-22(20)28(2)3)25-15-17-9-11-19(24)12-10-17/h4-14,16H,15H2,1-3H3,(H,25,27)(H,26,29)/t16-/m0/s1. The van der Waals surface area contributed by atoms with E-state index in [2.05, 4.69) is 15.6 Å². The maximum atomic E-state index is 13.0. The van der Waals surface area contributed by atoms with Gasteiger partial charge in [-0.25, -0.2) is 9.37 Å². The second-order valence-corrected chi connectivity index (χ2v) is 7.06. The molecule has 0 aliphatic carbocycles. The SMILES string of the molecule is C[C@H](C(=O)Nc1ccc(NCc2ccc(F)cc2)nc1N(C)C)c1ccccc1. The van der Waals surface area contributed by atoms with E-state index in [1.165, 1.54) is 12.1 Å². The average molecular weight is 392 g/mol. The topological polar surface area (TPSA) is 57.3 Å². The van der Waals surface area contributed by atoms with Gasteiger partial charge in [-0.05, 0) is 42.3 Å². The van der Waals surface area contributed by atoms with Gasteiger partial charge < -0.3 is 15.5 Å². The lowest BCUT2D eigenvalue weighted by Gasteiger charge is -2.20. The quantitative estimate of drug-likeness (QED) is 0.615. The molecule has 29 heavy (non-hydrogen) atoms. The van der Waals surface area contributed by atoms with Crippen molar-refractivity contribution in [1.29, 1.82) is 0 Å². The van der Waals surface area contributed by atoms with Crippen LogP contribution in [0.3, 0.4) is 0 Å². The van der Waals surface area contributed by atoms with Gasteiger partial charge in [0, 0.05) is 20.6 Å². The molecular formula is C23H25FN4O. The Bertz CT molecular complexity index is 958. The fourth-order valence-corrected chi connectivity index (χ4v) is 2.91. The number of anilines is 3. The average Bonchev–Trinajstić information content (AvgIpc) is 2.74. The molecular weight excluding hydrogens is 367 g/mol. The first-order valence-corrected chi connectivity index (χ1v) is 9.46. The van der Waals surface area contributed by atoms with E-state index in [-0.39, 0.29) is 17.6 Å². The Morgan fingerprint density at radius 3 is 2.38 bits per heavy atom. The number of halogens is 1. The van der Waals surface area contributed by atoms with E-state index in [0.717, 1.165) is 11.1 Å². The molecule has 1 atom stereocenters. The molecule has 0 spiro atoms. The fraction of sp³-hybridized carbons (Fsp3) is 0.217. The van der Waals surface area contributed by atoms with E-state index in [4.69, 9.17) is 0 Å². The molecule has 0 unspecified atom stereocenters. The first-order valence-electron chi connectivity index (χ1n) is 9.46. The number of rotatable bonds is 7. The summed E-state index contributed by atoms with van der Waals surface area (Å²) in [6.45, 7) is 2.41. The van der Waals surface area contributed by atoms with E-state index in [9.17, 15) is 9.18 Å². The van der Waals surface area contributed by atoms with Crippen LogP contribution < -0.4 is 15.5 Å². The summed E-state index contributed by atoms with van der Waals surface area (Å²) in [6.07, 6.45) is 0. The van der Waals surface area contributed by atoms with Gasteiger partial charge in [0.25, 0.3) is 0 Å². The second-order valence-electron chi connectivity index (χ2n) is 7.06. The molecule has 3 aromatic rings. The minimum Gasteiger partial charge on any atom is -0.366 e. The Hall–Kier alpha value is -3.41. The highest BCUT2D eigenvalue weighted by Crippen LogP contribution is 2.26. The number of nitrogens with one attached hydrogen (secondary N) is 2. The van der Waals surface area contributed by atoms with E-state index in [1.54, 1.807) is 12.1 Å². The maximum absolute atomic E-state index is 13.0. The van der Waals surface area contributed by atoms with Gasteiger partial charge in [-0.3, -0.25) is 4.79 Å². The molecule has 0 aliphatic heterocycles. The van der Waals surface area contributed by atoms with Crippen molar-refractivity contribution in [3.05, 3.63) is 83.7 Å². The first kappa shape index (κ1) is 20.3. The Morgan fingerprint density at radius 2 is 1.72 bits per heavy atom. The highest BCUT2D eigenvalue weighted by atomic mass is 19.1. The van der Waals surface area contributed by atoms with Crippen LogP contribution in [0.5, 0.6) is 0 Å². The van der Waals surface area contributed by atoms with Crippen LogP contribution in [0.25, 0.3) is 0 Å². The molecule has 150 valence electrons. The molecule has 2 N–H and O–H groups in total. The van der Waals surface area contributed by atoms with Gasteiger partial charge in [0.15, 0.2) is 5.82 Å². The fourth-order valence-electron chi connectivity index (χ4n) is 2.91. The summed E-state index contributed by atoms with van der Waals surface area (Å²) in [7, 11) is 3.75. The van der Waals surface area contributed by atoms with Crippen molar-refractivity contribution in [2.45, 2.75) is 19.4 Å². The smallest absolute Gasteiger partial charge is 0.231 e. The highest BCUT2D eigenvalue weighted by molar-refractivity contribution is 5.98. The molecule has 0 fully saturated rings. The predicted octanol–water partition coefficient (Wildman–Crippen LogP) is 4.64. The van der Waals surface area contributed by atoms with E-state index in [1.807, 2.05) is 68.4 Å². The van der Waals surface area contributed by atoms with E-state index in [0.29, 0.717) is 23.9 Å². The van der Waals surface area contributed by atoms with Crippen molar-refractivity contribution in [2.24, 2.45) is 0 Å². The lowest BCUT2D eigenvalue weighted by molar-refractivity contribution is -0.117. The monoisotopic (exact) mass is 392 g/mol. The summed E-state index contributed by atoms with van der Waals surface area (Å²) < 4.78 is 13.0. The lowest BCUT2D eigenvalue weighted by atomic mass is 10.0. The molecule has 0 bridgehead atoms. The molecule has 0 aliphatic rings. The molecule has 5 nitrogen and oxygen atoms in total. The molecule has 0 saturated heterocycles. The number of aromatic nitrogens is 1. The zero-order chi connectivity index (χ0) is 20.8. The number of amides is 1. The summed E-state index contributed by atoms with van der Waals surface area (Å²) in [5, 5.41) is 6.22. The summed E-state index contributed by atoms with van der Waals surface area (Å²) in [4.78, 5) is 19.2. The normalized spacial score (nSPS) is 11.6. The third-order valence-corrected chi connectivity index (χ3v) is 4.64. The van der Waals surface area contributed by atoms with Gasteiger partial charge in [-0.15, -0.1) is 0 Å². The summed E-state index contributed by atoms with van der Waals surface area (Å²) >= 11 is 0. The molecule has 1 aromatic heterocycles. The minimum absolute atomic E-state index is 0.0897. The second kappa shape index (κ2) is 9.19. The van der Waals surface area contributed by atoms with Gasteiger partial charge in [-0.2, -0.15) is 0 Å². The number of pyridine rings is 1. The summed E-state index contributed by atoms with van der Waals surface area (Å²) in [5.41, 5.74) is 2.56. The van der Waals surface area contributed by atoms with Crippen LogP contribution in [0.2, 0.25) is 0 Å². The number of hydrogen-bond donors (Lipinski definition) is 2. The van der Waals surface area contributed by atoms with Gasteiger partial charge in [-0.1, -0.05) is 42.5 Å². The molecule has 0 radical (unpaired) electrons. The van der Waals surface area contributed by atoms with Gasteiger partial charge in [0.1, 0.15) is 11.6 Å². The highest BCUT2D eigenvalue weighted by Gasteiger charge is 2.18. The Morgan fingerprint density at radius 1 is 1.03 bits per heavy atom. The number of carbonyl (C=O) groups excluding carboxylic acids is 1. The zero-order valence-corrected chi connectivity index (χ0v) is 16.8. The molecule has 0 saturated carbocycles. The number of nitrogens with zero attached hydrogens (tertiary/aromatic N) is 2. The Labute approximate surface area is 170 Å². The first-order chi connectivity index (χ1) is 13.9. The number of benzene rings is 2. The molecule has 6 heteroatoms. The molecule has 3 rings (SSSR count). The summed E-state index contributed by atoms with van der Waals surface area (Å²) in [5.74, 6) is 0.706. The van der Waals surface area contributed by atoms with Gasteiger partial charge in [0.05, 0.1) is 11.6 Å². The molecule has 1 amide bonds. The van der Waals surface area contributed by atoms with Crippen LogP contribution in [-0.2, 0) is 11.3 Å². The van der Waals surface area contributed by atoms with Crippen LogP contribution in [0.15, 0.2) is 66.7 Å². The van der Waals surface area contributed by atoms with Crippen molar-refractivity contribution in [1.82, 2.24) is 4.98 Å². The van der Waals surface area contributed by atoms with E-state index >= 15 is 0 Å². The maximum Gasteiger partial charge on any atom is 0.231 e. The molecule has 1 heterocycles. The van der Waals surface area contributed by atoms with Crippen LogP contribution in [0.4, 0.5) is 21.7 Å². The van der Waals surface area contributed by atoms with Crippen LogP contribution >= 0.6 is 0 Å². The van der Waals surface area contributed by atoms with Crippen molar-refractivity contribution >= 4 is 23.2 Å². The number of hydrogen-bond acceptors (Lipinski definition) is 4.